The number of hydrogen-bond donors (Lipinski definition) is 0. The Kier molecular flexibility index (Phi) is 3.08. The van der Waals surface area contributed by atoms with E-state index in [1.165, 1.54) is 12.1 Å². The Morgan fingerprint density at radius 3 is 2.56 bits per heavy atom. The molecule has 0 radical (unpaired) electrons. The van der Waals surface area contributed by atoms with Gasteiger partial charge >= 0.3 is 0 Å². The number of nitrogens with zero attached hydrogens (tertiary/aromatic N) is 3. The van der Waals surface area contributed by atoms with Crippen LogP contribution < -0.4 is 0 Å². The number of rotatable bonds is 2. The highest BCUT2D eigenvalue weighted by Crippen LogP contribution is 2.12. The van der Waals surface area contributed by atoms with E-state index in [1.807, 2.05) is 24.0 Å². The lowest BCUT2D eigenvalue weighted by molar-refractivity contribution is 0.309. The fourth-order valence-corrected chi connectivity index (χ4v) is 1.72. The van der Waals surface area contributed by atoms with Crippen LogP contribution in [0.2, 0.25) is 0 Å². The summed E-state index contributed by atoms with van der Waals surface area (Å²) in [6.07, 6.45) is 0.980. The van der Waals surface area contributed by atoms with Crippen molar-refractivity contribution in [1.29, 1.82) is 0 Å². The Labute approximate surface area is 95.2 Å². The van der Waals surface area contributed by atoms with Crippen LogP contribution in [0.4, 0.5) is 4.39 Å². The zero-order valence-electron chi connectivity index (χ0n) is 9.65. The van der Waals surface area contributed by atoms with Crippen molar-refractivity contribution >= 4 is 5.84 Å². The largest absolute Gasteiger partial charge is 0.365 e. The van der Waals surface area contributed by atoms with Gasteiger partial charge < -0.3 is 4.90 Å². The molecule has 0 bridgehead atoms. The smallest absolute Gasteiger partial charge is 0.126 e. The maximum atomic E-state index is 12.7. The highest BCUT2D eigenvalue weighted by atomic mass is 19.1. The molecule has 0 N–H and O–H groups in total. The third kappa shape index (κ3) is 2.51. The average Bonchev–Trinajstić information content (AvgIpc) is 2.70. The van der Waals surface area contributed by atoms with E-state index in [0.29, 0.717) is 0 Å². The summed E-state index contributed by atoms with van der Waals surface area (Å²) in [6, 6.07) is 6.58. The topological polar surface area (TPSA) is 18.8 Å². The Balaban J connectivity index is 1.99. The Morgan fingerprint density at radius 2 is 2.00 bits per heavy atom. The van der Waals surface area contributed by atoms with Crippen LogP contribution >= 0.6 is 0 Å². The lowest BCUT2D eigenvalue weighted by Crippen LogP contribution is -2.19. The predicted molar refractivity (Wildman–Crippen MR) is 62.5 cm³/mol. The number of amidine groups is 1. The van der Waals surface area contributed by atoms with Crippen LogP contribution in [-0.2, 0) is 6.54 Å². The number of benzene rings is 1. The molecule has 0 aromatic heterocycles. The van der Waals surface area contributed by atoms with Gasteiger partial charge in [0.2, 0.25) is 0 Å². The van der Waals surface area contributed by atoms with Gasteiger partial charge in [0.1, 0.15) is 11.7 Å². The van der Waals surface area contributed by atoms with Crippen molar-refractivity contribution < 1.29 is 4.39 Å². The Bertz CT molecular complexity index is 384. The summed E-state index contributed by atoms with van der Waals surface area (Å²) in [7, 11) is 4.00. The van der Waals surface area contributed by atoms with Crippen molar-refractivity contribution in [3.8, 4) is 0 Å². The Hall–Kier alpha value is -1.58. The van der Waals surface area contributed by atoms with Crippen molar-refractivity contribution in [1.82, 2.24) is 9.91 Å². The summed E-state index contributed by atoms with van der Waals surface area (Å²) in [5, 5.41) is 6.50. The van der Waals surface area contributed by atoms with Crippen molar-refractivity contribution in [2.24, 2.45) is 5.10 Å². The van der Waals surface area contributed by atoms with E-state index in [4.69, 9.17) is 0 Å². The van der Waals surface area contributed by atoms with Crippen molar-refractivity contribution in [2.75, 3.05) is 20.6 Å². The quantitative estimate of drug-likeness (QED) is 0.759. The lowest BCUT2D eigenvalue weighted by atomic mass is 10.2. The van der Waals surface area contributed by atoms with Crippen LogP contribution in [0.15, 0.2) is 29.4 Å². The van der Waals surface area contributed by atoms with Crippen LogP contribution in [0.25, 0.3) is 0 Å². The van der Waals surface area contributed by atoms with E-state index in [1.54, 1.807) is 12.1 Å². The molecule has 16 heavy (non-hydrogen) atoms. The van der Waals surface area contributed by atoms with Crippen molar-refractivity contribution in [3.05, 3.63) is 35.6 Å². The van der Waals surface area contributed by atoms with Gasteiger partial charge in [0.05, 0.1) is 6.54 Å². The van der Waals surface area contributed by atoms with Crippen LogP contribution in [0.1, 0.15) is 12.0 Å². The van der Waals surface area contributed by atoms with Gasteiger partial charge in [0.15, 0.2) is 0 Å². The minimum Gasteiger partial charge on any atom is -0.365 e. The molecule has 1 aliphatic heterocycles. The molecule has 1 heterocycles. The zero-order chi connectivity index (χ0) is 11.5. The third-order valence-electron chi connectivity index (χ3n) is 2.64. The van der Waals surface area contributed by atoms with Gasteiger partial charge in [-0.25, -0.2) is 4.39 Å². The van der Waals surface area contributed by atoms with Gasteiger partial charge in [-0.3, -0.25) is 5.01 Å². The van der Waals surface area contributed by atoms with Crippen LogP contribution in [0.5, 0.6) is 0 Å². The molecular weight excluding hydrogens is 205 g/mol. The fourth-order valence-electron chi connectivity index (χ4n) is 1.72. The van der Waals surface area contributed by atoms with E-state index < -0.39 is 0 Å². The first-order valence-electron chi connectivity index (χ1n) is 5.39. The summed E-state index contributed by atoms with van der Waals surface area (Å²) < 4.78 is 12.7. The summed E-state index contributed by atoms with van der Waals surface area (Å²) in [4.78, 5) is 2.03. The van der Waals surface area contributed by atoms with Crippen molar-refractivity contribution in [3.63, 3.8) is 0 Å². The maximum Gasteiger partial charge on any atom is 0.126 e. The summed E-state index contributed by atoms with van der Waals surface area (Å²) >= 11 is 0. The first-order chi connectivity index (χ1) is 7.65. The molecule has 0 fully saturated rings. The van der Waals surface area contributed by atoms with Gasteiger partial charge in [-0.2, -0.15) is 5.10 Å². The van der Waals surface area contributed by atoms with E-state index >= 15 is 0 Å². The third-order valence-corrected chi connectivity index (χ3v) is 2.64. The minimum atomic E-state index is -0.192. The molecular formula is C12H16FN3. The molecule has 1 aromatic rings. The Morgan fingerprint density at radius 1 is 1.31 bits per heavy atom. The number of hydrazone groups is 1. The van der Waals surface area contributed by atoms with Gasteiger partial charge in [-0.15, -0.1) is 0 Å². The highest BCUT2D eigenvalue weighted by Gasteiger charge is 2.15. The highest BCUT2D eigenvalue weighted by molar-refractivity contribution is 5.82. The predicted octanol–water partition coefficient (Wildman–Crippen LogP) is 1.91. The minimum absolute atomic E-state index is 0.192. The van der Waals surface area contributed by atoms with Crippen LogP contribution in [0, 0.1) is 5.82 Å². The standard InChI is InChI=1S/C12H16FN3/c1-15(2)12-7-8-16(14-12)9-10-3-5-11(13)6-4-10/h3-6H,7-9H2,1-2H3. The number of hydrogen-bond acceptors (Lipinski definition) is 3. The second kappa shape index (κ2) is 4.51. The summed E-state index contributed by atoms with van der Waals surface area (Å²) in [5.74, 6) is 0.907. The monoisotopic (exact) mass is 221 g/mol. The molecule has 2 rings (SSSR count). The molecule has 3 nitrogen and oxygen atoms in total. The first kappa shape index (κ1) is 10.9. The fraction of sp³-hybridized carbons (Fsp3) is 0.417. The van der Waals surface area contributed by atoms with Gasteiger partial charge in [-0.05, 0) is 17.7 Å². The molecule has 0 saturated heterocycles. The maximum absolute atomic E-state index is 12.7. The first-order valence-corrected chi connectivity index (χ1v) is 5.39. The molecule has 86 valence electrons. The second-order valence-corrected chi connectivity index (χ2v) is 4.18. The van der Waals surface area contributed by atoms with E-state index in [-0.39, 0.29) is 5.82 Å². The molecule has 0 spiro atoms. The van der Waals surface area contributed by atoms with Crippen molar-refractivity contribution in [2.45, 2.75) is 13.0 Å². The molecule has 0 unspecified atom stereocenters. The molecule has 0 amide bonds. The summed E-state index contributed by atoms with van der Waals surface area (Å²) in [6.45, 7) is 1.68. The van der Waals surface area contributed by atoms with Crippen LogP contribution in [-0.4, -0.2) is 36.4 Å². The van der Waals surface area contributed by atoms with E-state index in [0.717, 1.165) is 30.9 Å². The average molecular weight is 221 g/mol. The zero-order valence-corrected chi connectivity index (χ0v) is 9.65. The molecule has 4 heteroatoms. The normalized spacial score (nSPS) is 15.2. The molecule has 0 saturated carbocycles. The molecule has 1 aliphatic rings. The van der Waals surface area contributed by atoms with Crippen LogP contribution in [0.3, 0.4) is 0 Å². The van der Waals surface area contributed by atoms with Gasteiger partial charge in [0, 0.05) is 27.1 Å². The summed E-state index contributed by atoms with van der Waals surface area (Å²) in [5.41, 5.74) is 1.09. The molecule has 1 aromatic carbocycles. The molecule has 0 atom stereocenters. The molecule has 0 aliphatic carbocycles. The lowest BCUT2D eigenvalue weighted by Gasteiger charge is -2.13. The second-order valence-electron chi connectivity index (χ2n) is 4.18. The van der Waals surface area contributed by atoms with Gasteiger partial charge in [-0.1, -0.05) is 12.1 Å². The van der Waals surface area contributed by atoms with Gasteiger partial charge in [0.25, 0.3) is 0 Å². The van der Waals surface area contributed by atoms with E-state index in [2.05, 4.69) is 5.10 Å². The SMILES string of the molecule is CN(C)C1=NN(Cc2ccc(F)cc2)CC1. The number of halogens is 1. The van der Waals surface area contributed by atoms with E-state index in [9.17, 15) is 4.39 Å².